The van der Waals surface area contributed by atoms with Crippen LogP contribution in [0.15, 0.2) is 36.4 Å². The third-order valence-corrected chi connectivity index (χ3v) is 3.37. The zero-order valence-electron chi connectivity index (χ0n) is 11.0. The van der Waals surface area contributed by atoms with Crippen molar-refractivity contribution in [3.8, 4) is 0 Å². The molecular weight excluding hydrogens is 334 g/mol. The van der Waals surface area contributed by atoms with Crippen LogP contribution in [0.2, 0.25) is 10.0 Å². The standard InChI is InChI=1S/C14H9Cl2FN2O3/c15-9-2-1-8(12(17)6-9)5-14(20)18-13-7-10(19(21)22)3-4-11(13)16/h1-4,6-7H,5H2,(H,18,20). The van der Waals surface area contributed by atoms with Crippen LogP contribution in [0.4, 0.5) is 15.8 Å². The van der Waals surface area contributed by atoms with Gasteiger partial charge in [0.05, 0.1) is 22.1 Å². The average molecular weight is 343 g/mol. The van der Waals surface area contributed by atoms with Gasteiger partial charge in [0, 0.05) is 17.2 Å². The minimum absolute atomic E-state index is 0.0928. The van der Waals surface area contributed by atoms with Crippen molar-refractivity contribution in [1.29, 1.82) is 0 Å². The van der Waals surface area contributed by atoms with E-state index >= 15 is 0 Å². The van der Waals surface area contributed by atoms with Crippen LogP contribution in [-0.4, -0.2) is 10.8 Å². The molecular formula is C14H9Cl2FN2O3. The molecule has 0 fully saturated rings. The molecule has 0 saturated carbocycles. The topological polar surface area (TPSA) is 72.2 Å². The number of rotatable bonds is 4. The summed E-state index contributed by atoms with van der Waals surface area (Å²) < 4.78 is 13.6. The molecule has 8 heteroatoms. The normalized spacial score (nSPS) is 10.3. The summed E-state index contributed by atoms with van der Waals surface area (Å²) in [6.45, 7) is 0. The lowest BCUT2D eigenvalue weighted by molar-refractivity contribution is -0.384. The van der Waals surface area contributed by atoms with Gasteiger partial charge in [-0.15, -0.1) is 0 Å². The Bertz CT molecular complexity index is 753. The molecule has 0 aliphatic rings. The summed E-state index contributed by atoms with van der Waals surface area (Å²) in [5.41, 5.74) is 0.0380. The smallest absolute Gasteiger partial charge is 0.271 e. The van der Waals surface area contributed by atoms with Crippen LogP contribution in [0.25, 0.3) is 0 Å². The lowest BCUT2D eigenvalue weighted by atomic mass is 10.1. The second kappa shape index (κ2) is 6.72. The van der Waals surface area contributed by atoms with Gasteiger partial charge < -0.3 is 5.32 Å². The van der Waals surface area contributed by atoms with Crippen molar-refractivity contribution in [2.45, 2.75) is 6.42 Å². The van der Waals surface area contributed by atoms with Gasteiger partial charge >= 0.3 is 0 Å². The first kappa shape index (κ1) is 16.2. The van der Waals surface area contributed by atoms with Gasteiger partial charge in [-0.25, -0.2) is 4.39 Å². The Labute approximate surface area is 134 Å². The quantitative estimate of drug-likeness (QED) is 0.667. The van der Waals surface area contributed by atoms with Gasteiger partial charge in [0.15, 0.2) is 0 Å². The van der Waals surface area contributed by atoms with Crippen molar-refractivity contribution in [2.24, 2.45) is 0 Å². The number of hydrogen-bond donors (Lipinski definition) is 1. The molecule has 1 N–H and O–H groups in total. The number of halogens is 3. The maximum atomic E-state index is 13.6. The molecule has 0 aromatic heterocycles. The Kier molecular flexibility index (Phi) is 4.95. The molecule has 0 bridgehead atoms. The number of carbonyl (C=O) groups excluding carboxylic acids is 1. The summed E-state index contributed by atoms with van der Waals surface area (Å²) >= 11 is 11.5. The molecule has 0 unspecified atom stereocenters. The Morgan fingerprint density at radius 2 is 1.95 bits per heavy atom. The molecule has 114 valence electrons. The lowest BCUT2D eigenvalue weighted by Crippen LogP contribution is -2.15. The fourth-order valence-electron chi connectivity index (χ4n) is 1.76. The number of benzene rings is 2. The number of nitro groups is 1. The van der Waals surface area contributed by atoms with E-state index in [9.17, 15) is 19.3 Å². The van der Waals surface area contributed by atoms with E-state index in [-0.39, 0.29) is 33.4 Å². The van der Waals surface area contributed by atoms with Crippen molar-refractivity contribution >= 4 is 40.5 Å². The summed E-state index contributed by atoms with van der Waals surface area (Å²) in [6.07, 6.45) is -0.248. The SMILES string of the molecule is O=C(Cc1ccc(Cl)cc1F)Nc1cc([N+](=O)[O-])ccc1Cl. The summed E-state index contributed by atoms with van der Waals surface area (Å²) in [7, 11) is 0. The number of nitro benzene ring substituents is 1. The molecule has 0 atom stereocenters. The summed E-state index contributed by atoms with van der Waals surface area (Å²) in [4.78, 5) is 22.0. The molecule has 2 aromatic rings. The summed E-state index contributed by atoms with van der Waals surface area (Å²) in [5.74, 6) is -1.16. The van der Waals surface area contributed by atoms with E-state index in [0.717, 1.165) is 12.1 Å². The van der Waals surface area contributed by atoms with Crippen LogP contribution in [0.3, 0.4) is 0 Å². The van der Waals surface area contributed by atoms with Crippen LogP contribution >= 0.6 is 23.2 Å². The van der Waals surface area contributed by atoms with E-state index in [1.54, 1.807) is 0 Å². The largest absolute Gasteiger partial charge is 0.324 e. The van der Waals surface area contributed by atoms with Crippen LogP contribution in [-0.2, 0) is 11.2 Å². The molecule has 0 aliphatic carbocycles. The van der Waals surface area contributed by atoms with Gasteiger partial charge in [-0.1, -0.05) is 29.3 Å². The van der Waals surface area contributed by atoms with E-state index in [2.05, 4.69) is 5.32 Å². The van der Waals surface area contributed by atoms with E-state index in [1.165, 1.54) is 24.3 Å². The monoisotopic (exact) mass is 342 g/mol. The minimum Gasteiger partial charge on any atom is -0.324 e. The van der Waals surface area contributed by atoms with E-state index in [4.69, 9.17) is 23.2 Å². The second-order valence-electron chi connectivity index (χ2n) is 4.38. The van der Waals surface area contributed by atoms with E-state index < -0.39 is 16.6 Å². The molecule has 2 aromatic carbocycles. The fraction of sp³-hybridized carbons (Fsp3) is 0.0714. The van der Waals surface area contributed by atoms with Crippen molar-refractivity contribution in [2.75, 3.05) is 5.32 Å². The fourth-order valence-corrected chi connectivity index (χ4v) is 2.08. The Morgan fingerprint density at radius 3 is 2.59 bits per heavy atom. The predicted molar refractivity (Wildman–Crippen MR) is 81.9 cm³/mol. The van der Waals surface area contributed by atoms with Crippen LogP contribution in [0.1, 0.15) is 5.56 Å². The molecule has 2 rings (SSSR count). The molecule has 22 heavy (non-hydrogen) atoms. The lowest BCUT2D eigenvalue weighted by Gasteiger charge is -2.08. The van der Waals surface area contributed by atoms with Gasteiger partial charge in [0.25, 0.3) is 5.69 Å². The zero-order valence-corrected chi connectivity index (χ0v) is 12.5. The number of nitrogens with zero attached hydrogens (tertiary/aromatic N) is 1. The predicted octanol–water partition coefficient (Wildman–Crippen LogP) is 4.22. The van der Waals surface area contributed by atoms with Crippen LogP contribution in [0.5, 0.6) is 0 Å². The number of non-ortho nitro benzene ring substituents is 1. The summed E-state index contributed by atoms with van der Waals surface area (Å²) in [6, 6.07) is 7.62. The summed E-state index contributed by atoms with van der Waals surface area (Å²) in [5, 5.41) is 13.5. The molecule has 0 heterocycles. The molecule has 0 radical (unpaired) electrons. The third-order valence-electron chi connectivity index (χ3n) is 2.80. The number of nitrogens with one attached hydrogen (secondary N) is 1. The molecule has 0 spiro atoms. The first-order chi connectivity index (χ1) is 10.4. The molecule has 0 aliphatic heterocycles. The van der Waals surface area contributed by atoms with Gasteiger partial charge in [-0.05, 0) is 23.8 Å². The number of hydrogen-bond acceptors (Lipinski definition) is 3. The average Bonchev–Trinajstić information content (AvgIpc) is 2.44. The van der Waals surface area contributed by atoms with Gasteiger partial charge in [0.2, 0.25) is 5.91 Å². The zero-order chi connectivity index (χ0) is 16.3. The first-order valence-electron chi connectivity index (χ1n) is 6.04. The molecule has 0 saturated heterocycles. The van der Waals surface area contributed by atoms with E-state index in [1.807, 2.05) is 0 Å². The highest BCUT2D eigenvalue weighted by molar-refractivity contribution is 6.33. The number of carbonyl (C=O) groups is 1. The highest BCUT2D eigenvalue weighted by Gasteiger charge is 2.14. The van der Waals surface area contributed by atoms with Crippen molar-refractivity contribution in [1.82, 2.24) is 0 Å². The highest BCUT2D eigenvalue weighted by Crippen LogP contribution is 2.27. The van der Waals surface area contributed by atoms with Crippen LogP contribution in [0, 0.1) is 15.9 Å². The van der Waals surface area contributed by atoms with Crippen molar-refractivity contribution < 1.29 is 14.1 Å². The van der Waals surface area contributed by atoms with Gasteiger partial charge in [-0.3, -0.25) is 14.9 Å². The van der Waals surface area contributed by atoms with Crippen molar-refractivity contribution in [3.63, 3.8) is 0 Å². The number of anilines is 1. The second-order valence-corrected chi connectivity index (χ2v) is 5.23. The van der Waals surface area contributed by atoms with Gasteiger partial charge in [0.1, 0.15) is 5.82 Å². The first-order valence-corrected chi connectivity index (χ1v) is 6.80. The van der Waals surface area contributed by atoms with Crippen molar-refractivity contribution in [3.05, 3.63) is 67.9 Å². The maximum absolute atomic E-state index is 13.6. The number of amides is 1. The van der Waals surface area contributed by atoms with Crippen LogP contribution < -0.4 is 5.32 Å². The third kappa shape index (κ3) is 3.93. The molecule has 5 nitrogen and oxygen atoms in total. The molecule has 1 amide bonds. The maximum Gasteiger partial charge on any atom is 0.271 e. The Morgan fingerprint density at radius 1 is 1.23 bits per heavy atom. The highest BCUT2D eigenvalue weighted by atomic mass is 35.5. The van der Waals surface area contributed by atoms with E-state index in [0.29, 0.717) is 0 Å². The Hall–Kier alpha value is -2.18. The Balaban J connectivity index is 2.15. The van der Waals surface area contributed by atoms with Gasteiger partial charge in [-0.2, -0.15) is 0 Å². The minimum atomic E-state index is -0.606.